The molecule has 2 saturated heterocycles. The number of piperidine rings is 1. The van der Waals surface area contributed by atoms with Gasteiger partial charge in [-0.25, -0.2) is 13.1 Å². The molecule has 3 fully saturated rings. The number of likely N-dealkylation sites (tertiary alicyclic amines) is 1. The van der Waals surface area contributed by atoms with Crippen molar-refractivity contribution < 1.29 is 27.4 Å². The molecule has 6 atom stereocenters. The van der Waals surface area contributed by atoms with Crippen LogP contribution in [0.1, 0.15) is 93.6 Å². The zero-order valence-corrected chi connectivity index (χ0v) is 33.4. The Morgan fingerprint density at radius 2 is 1.83 bits per heavy atom. The van der Waals surface area contributed by atoms with Crippen LogP contribution in [0.2, 0.25) is 5.02 Å². The van der Waals surface area contributed by atoms with Gasteiger partial charge >= 0.3 is 0 Å². The van der Waals surface area contributed by atoms with Crippen molar-refractivity contribution in [1.82, 2.24) is 9.62 Å². The second kappa shape index (κ2) is 13.8. The van der Waals surface area contributed by atoms with Gasteiger partial charge in [0.1, 0.15) is 11.4 Å². The number of rotatable bonds is 3. The summed E-state index contributed by atoms with van der Waals surface area (Å²) in [5, 5.41) is -0.0353. The Morgan fingerprint density at radius 3 is 2.53 bits per heavy atom. The van der Waals surface area contributed by atoms with Crippen LogP contribution in [0.3, 0.4) is 0 Å². The molecule has 0 aromatic heterocycles. The fourth-order valence-electron chi connectivity index (χ4n) is 10.5. The fourth-order valence-corrected chi connectivity index (χ4v) is 12.0. The second-order valence-electron chi connectivity index (χ2n) is 17.5. The molecule has 4 heterocycles. The lowest BCUT2D eigenvalue weighted by Gasteiger charge is -2.58. The summed E-state index contributed by atoms with van der Waals surface area (Å²) in [6, 6.07) is 11.7. The number of carbonyl (C=O) groups is 1. The Labute approximate surface area is 320 Å². The lowest BCUT2D eigenvalue weighted by molar-refractivity contribution is -0.181. The zero-order valence-electron chi connectivity index (χ0n) is 31.8. The number of allylic oxidation sites excluding steroid dienone is 1. The monoisotopic (exact) mass is 765 g/mol. The van der Waals surface area contributed by atoms with E-state index in [4.69, 9.17) is 25.8 Å². The molecule has 2 aromatic carbocycles. The number of aryl methyl sites for hydroxylation is 1. The first-order valence-electron chi connectivity index (χ1n) is 19.7. The molecular weight excluding hydrogens is 710 g/mol. The number of carbonyl (C=O) groups excluding carboxylic acids is 1. The highest BCUT2D eigenvalue weighted by atomic mass is 35.5. The van der Waals surface area contributed by atoms with Gasteiger partial charge in [0, 0.05) is 55.8 Å². The predicted molar refractivity (Wildman–Crippen MR) is 209 cm³/mol. The average molecular weight is 766 g/mol. The van der Waals surface area contributed by atoms with E-state index in [0.29, 0.717) is 30.9 Å². The summed E-state index contributed by atoms with van der Waals surface area (Å²) in [5.74, 6) is 0.0813. The summed E-state index contributed by atoms with van der Waals surface area (Å²) >= 11 is 6.52. The molecule has 1 saturated carbocycles. The van der Waals surface area contributed by atoms with E-state index in [1.165, 1.54) is 11.1 Å². The number of fused-ring (bicyclic) bond motifs is 4. The highest BCUT2D eigenvalue weighted by Crippen LogP contribution is 2.56. The molecule has 6 aliphatic rings. The van der Waals surface area contributed by atoms with Gasteiger partial charge in [0.05, 0.1) is 29.8 Å². The van der Waals surface area contributed by atoms with Gasteiger partial charge in [-0.15, -0.1) is 0 Å². The number of methoxy groups -OCH3 is 1. The molecule has 53 heavy (non-hydrogen) atoms. The quantitative estimate of drug-likeness (QED) is 0.337. The number of hydrogen-bond acceptors (Lipinski definition) is 8. The van der Waals surface area contributed by atoms with Crippen molar-refractivity contribution >= 4 is 33.2 Å². The van der Waals surface area contributed by atoms with E-state index in [1.807, 2.05) is 32.2 Å². The molecular formula is C42H56ClN3O6S. The standard InChI is InChI=1S/C42H56ClN3O6S/c1-29-7-5-15-42(50-4,27-45-20-17-41(18-21-45)19-22-52-41)37-13-16-39(37,3)25-46-26-40(14-6-8-31-23-33(43)10-11-34(31)40)28-51-36-12-9-32(24-35(36)46)38(47)44-53(48,49)30(29)2/h5,9-12,15,23-24,29-30,37H,6-8,13-14,16-22,25-28H2,1-4H3,(H,44,47)/b15-5+/t29-,30+,37+,39?,40-,42+/m0/s1. The summed E-state index contributed by atoms with van der Waals surface area (Å²) < 4.78 is 49.2. The second-order valence-corrected chi connectivity index (χ2v) is 20.0. The van der Waals surface area contributed by atoms with Crippen molar-refractivity contribution in [2.45, 2.75) is 100 Å². The number of ether oxygens (including phenoxy) is 3. The summed E-state index contributed by atoms with van der Waals surface area (Å²) in [7, 11) is -2.11. The van der Waals surface area contributed by atoms with Crippen LogP contribution in [0, 0.1) is 17.3 Å². The molecule has 288 valence electrons. The largest absolute Gasteiger partial charge is 0.490 e. The van der Waals surface area contributed by atoms with E-state index in [-0.39, 0.29) is 28.3 Å². The van der Waals surface area contributed by atoms with Gasteiger partial charge in [0.2, 0.25) is 10.0 Å². The van der Waals surface area contributed by atoms with E-state index in [2.05, 4.69) is 45.7 Å². The topological polar surface area (TPSA) is 97.4 Å². The molecule has 2 aliphatic carbocycles. The summed E-state index contributed by atoms with van der Waals surface area (Å²) in [6.45, 7) is 11.6. The number of benzene rings is 2. The average Bonchev–Trinajstić information content (AvgIpc) is 3.26. The Balaban J connectivity index is 1.21. The molecule has 1 amide bonds. The predicted octanol–water partition coefficient (Wildman–Crippen LogP) is 6.91. The van der Waals surface area contributed by atoms with E-state index in [9.17, 15) is 13.2 Å². The van der Waals surface area contributed by atoms with Crippen LogP contribution >= 0.6 is 11.6 Å². The number of sulfonamides is 1. The normalized spacial score (nSPS) is 35.8. The van der Waals surface area contributed by atoms with Gasteiger partial charge in [-0.2, -0.15) is 0 Å². The summed E-state index contributed by atoms with van der Waals surface area (Å²) in [6.07, 6.45) is 13.2. The smallest absolute Gasteiger partial charge is 0.264 e. The van der Waals surface area contributed by atoms with Gasteiger partial charge in [0.25, 0.3) is 5.91 Å². The summed E-state index contributed by atoms with van der Waals surface area (Å²) in [4.78, 5) is 18.7. The lowest BCUT2D eigenvalue weighted by atomic mass is 9.54. The number of halogens is 1. The van der Waals surface area contributed by atoms with E-state index in [0.717, 1.165) is 94.9 Å². The molecule has 1 N–H and O–H groups in total. The number of nitrogens with one attached hydrogen (secondary N) is 1. The van der Waals surface area contributed by atoms with Gasteiger partial charge in [-0.05, 0) is 123 Å². The van der Waals surface area contributed by atoms with Crippen molar-refractivity contribution in [3.05, 3.63) is 70.3 Å². The number of anilines is 1. The minimum Gasteiger partial charge on any atom is -0.490 e. The minimum absolute atomic E-state index is 0.0602. The maximum absolute atomic E-state index is 13.7. The molecule has 9 nitrogen and oxygen atoms in total. The Morgan fingerprint density at radius 1 is 1.04 bits per heavy atom. The third-order valence-corrected chi connectivity index (χ3v) is 16.5. The number of nitrogens with zero attached hydrogens (tertiary/aromatic N) is 2. The van der Waals surface area contributed by atoms with Crippen molar-refractivity contribution in [3.63, 3.8) is 0 Å². The Kier molecular flexibility index (Phi) is 9.74. The Bertz CT molecular complexity index is 1870. The third-order valence-electron chi connectivity index (χ3n) is 14.3. The fraction of sp³-hybridized carbons (Fsp3) is 0.643. The van der Waals surface area contributed by atoms with Crippen LogP contribution in [0.15, 0.2) is 48.6 Å². The van der Waals surface area contributed by atoms with Crippen LogP contribution in [-0.2, 0) is 31.3 Å². The maximum Gasteiger partial charge on any atom is 0.264 e. The van der Waals surface area contributed by atoms with E-state index >= 15 is 0 Å². The van der Waals surface area contributed by atoms with Crippen LogP contribution in [0.4, 0.5) is 5.69 Å². The molecule has 8 rings (SSSR count). The Hall–Kier alpha value is -2.63. The third kappa shape index (κ3) is 6.72. The van der Waals surface area contributed by atoms with Gasteiger partial charge in [0.15, 0.2) is 0 Å². The van der Waals surface area contributed by atoms with E-state index in [1.54, 1.807) is 13.0 Å². The van der Waals surface area contributed by atoms with Crippen molar-refractivity contribution in [3.8, 4) is 5.75 Å². The molecule has 2 aromatic rings. The summed E-state index contributed by atoms with van der Waals surface area (Å²) in [5.41, 5.74) is 2.78. The first-order valence-corrected chi connectivity index (χ1v) is 21.7. The molecule has 1 unspecified atom stereocenters. The maximum atomic E-state index is 13.7. The van der Waals surface area contributed by atoms with Crippen LogP contribution in [-0.4, -0.2) is 88.7 Å². The van der Waals surface area contributed by atoms with Gasteiger partial charge in [-0.1, -0.05) is 43.7 Å². The van der Waals surface area contributed by atoms with Crippen LogP contribution < -0.4 is 14.4 Å². The first kappa shape index (κ1) is 37.3. The lowest BCUT2D eigenvalue weighted by Crippen LogP contribution is -2.62. The molecule has 2 bridgehead atoms. The van der Waals surface area contributed by atoms with E-state index < -0.39 is 26.8 Å². The highest BCUT2D eigenvalue weighted by molar-refractivity contribution is 7.90. The first-order chi connectivity index (χ1) is 25.3. The molecule has 11 heteroatoms. The SMILES string of the molecule is CO[C@@]1(CN2CCC3(CCO3)CC2)/C=C/C[C@H](C)[C@@H](C)S(=O)(=O)NC(=O)c2ccc3c(c2)N(CC2(C)CC[C@H]21)C[C@@]1(CCCc2cc(Cl)ccc21)CO3. The van der Waals surface area contributed by atoms with Crippen LogP contribution in [0.25, 0.3) is 0 Å². The van der Waals surface area contributed by atoms with Crippen molar-refractivity contribution in [2.75, 3.05) is 57.9 Å². The van der Waals surface area contributed by atoms with Gasteiger partial charge < -0.3 is 19.1 Å². The van der Waals surface area contributed by atoms with Crippen molar-refractivity contribution in [1.29, 1.82) is 0 Å². The zero-order chi connectivity index (χ0) is 37.2. The van der Waals surface area contributed by atoms with Gasteiger partial charge in [-0.3, -0.25) is 9.69 Å². The minimum atomic E-state index is -3.96. The highest BCUT2D eigenvalue weighted by Gasteiger charge is 2.56. The molecule has 2 spiro atoms. The molecule has 0 radical (unpaired) electrons. The number of hydrogen-bond donors (Lipinski definition) is 1. The van der Waals surface area contributed by atoms with Crippen molar-refractivity contribution in [2.24, 2.45) is 17.3 Å². The number of amides is 1. The molecule has 4 aliphatic heterocycles. The van der Waals surface area contributed by atoms with Crippen LogP contribution in [0.5, 0.6) is 5.75 Å².